The number of aromatic amines is 2. The highest BCUT2D eigenvalue weighted by molar-refractivity contribution is 5.86. The van der Waals surface area contributed by atoms with Crippen LogP contribution in [0.25, 0.3) is 22.2 Å². The number of nitrogens with one attached hydrogen (secondary N) is 3. The quantitative estimate of drug-likeness (QED) is 0.189. The van der Waals surface area contributed by atoms with Gasteiger partial charge >= 0.3 is 6.09 Å². The van der Waals surface area contributed by atoms with Gasteiger partial charge in [-0.25, -0.2) is 14.8 Å². The fourth-order valence-electron chi connectivity index (χ4n) is 7.02. The number of alkyl carbamates (subject to hydrolysis) is 1. The minimum Gasteiger partial charge on any atom is -0.453 e. The molecule has 2 aromatic heterocycles. The highest BCUT2D eigenvalue weighted by Crippen LogP contribution is 2.34. The molecule has 0 spiro atoms. The van der Waals surface area contributed by atoms with E-state index >= 15 is 0 Å². The van der Waals surface area contributed by atoms with Gasteiger partial charge in [0, 0.05) is 30.9 Å². The smallest absolute Gasteiger partial charge is 0.407 e. The summed E-state index contributed by atoms with van der Waals surface area (Å²) in [7, 11) is 1.30. The van der Waals surface area contributed by atoms with E-state index in [1.807, 2.05) is 43.7 Å². The van der Waals surface area contributed by atoms with Crippen LogP contribution in [0.1, 0.15) is 88.4 Å². The largest absolute Gasteiger partial charge is 0.453 e. The van der Waals surface area contributed by atoms with Gasteiger partial charge in [0.25, 0.3) is 0 Å². The molecule has 2 aliphatic heterocycles. The molecule has 3 N–H and O–H groups in total. The molecule has 6 rings (SSSR count). The number of aryl methyl sites for hydroxylation is 2. The Morgan fingerprint density at radius 3 is 2.21 bits per heavy atom. The molecule has 3 unspecified atom stereocenters. The van der Waals surface area contributed by atoms with Crippen molar-refractivity contribution < 1.29 is 19.1 Å². The third-order valence-electron chi connectivity index (χ3n) is 9.71. The molecule has 0 radical (unpaired) electrons. The third kappa shape index (κ3) is 6.95. The van der Waals surface area contributed by atoms with Crippen LogP contribution in [-0.2, 0) is 27.2 Å². The summed E-state index contributed by atoms with van der Waals surface area (Å²) in [6, 6.07) is 14.1. The number of hydrogen-bond donors (Lipinski definition) is 3. The van der Waals surface area contributed by atoms with Crippen LogP contribution in [0, 0.1) is 11.8 Å². The van der Waals surface area contributed by atoms with E-state index < -0.39 is 12.1 Å². The van der Waals surface area contributed by atoms with Crippen LogP contribution in [0.4, 0.5) is 4.79 Å². The molecule has 0 aliphatic carbocycles. The molecule has 48 heavy (non-hydrogen) atoms. The lowest BCUT2D eigenvalue weighted by atomic mass is 10.0. The van der Waals surface area contributed by atoms with Gasteiger partial charge < -0.3 is 29.8 Å². The Bertz CT molecular complexity index is 1760. The Kier molecular flexibility index (Phi) is 9.84. The molecule has 4 heterocycles. The number of benzene rings is 2. The van der Waals surface area contributed by atoms with Gasteiger partial charge in [0.05, 0.1) is 30.2 Å². The molecule has 3 amide bonds. The fourth-order valence-corrected chi connectivity index (χ4v) is 7.02. The van der Waals surface area contributed by atoms with Crippen molar-refractivity contribution in [3.8, 4) is 11.1 Å². The van der Waals surface area contributed by atoms with E-state index in [0.29, 0.717) is 6.54 Å². The third-order valence-corrected chi connectivity index (χ3v) is 9.71. The maximum absolute atomic E-state index is 13.4. The second kappa shape index (κ2) is 14.2. The van der Waals surface area contributed by atoms with Gasteiger partial charge in [-0.3, -0.25) is 9.59 Å². The SMILES string of the molecule is COC(=O)NC(C(=O)N1CCCC1c1ncc(CCc2ccc(-c3ccc4nc(C5CCCN5C(=O)C(C)C)[nH]c4c3)cc2)[nH]1)C(C)C. The van der Waals surface area contributed by atoms with Gasteiger partial charge in [0.2, 0.25) is 11.8 Å². The summed E-state index contributed by atoms with van der Waals surface area (Å²) in [5, 5.41) is 2.70. The molecule has 2 aliphatic rings. The molecule has 2 aromatic carbocycles. The van der Waals surface area contributed by atoms with Crippen molar-refractivity contribution >= 4 is 28.9 Å². The molecular formula is C37H47N7O4. The van der Waals surface area contributed by atoms with Crippen molar-refractivity contribution in [2.24, 2.45) is 11.8 Å². The highest BCUT2D eigenvalue weighted by Gasteiger charge is 2.37. The van der Waals surface area contributed by atoms with Crippen molar-refractivity contribution in [1.29, 1.82) is 0 Å². The molecule has 2 saturated heterocycles. The molecule has 4 aromatic rings. The summed E-state index contributed by atoms with van der Waals surface area (Å²) in [4.78, 5) is 58.4. The predicted molar refractivity (Wildman–Crippen MR) is 184 cm³/mol. The van der Waals surface area contributed by atoms with Crippen LogP contribution in [0.5, 0.6) is 0 Å². The number of likely N-dealkylation sites (tertiary alicyclic amines) is 2. The number of fused-ring (bicyclic) bond motifs is 1. The summed E-state index contributed by atoms with van der Waals surface area (Å²) < 4.78 is 4.74. The number of nitrogens with zero attached hydrogens (tertiary/aromatic N) is 4. The maximum atomic E-state index is 13.4. The first kappa shape index (κ1) is 33.2. The molecular weight excluding hydrogens is 606 g/mol. The van der Waals surface area contributed by atoms with Gasteiger partial charge in [-0.1, -0.05) is 58.0 Å². The Morgan fingerprint density at radius 1 is 0.875 bits per heavy atom. The van der Waals surface area contributed by atoms with E-state index in [0.717, 1.165) is 84.6 Å². The minimum absolute atomic E-state index is 0.00754. The van der Waals surface area contributed by atoms with Crippen LogP contribution >= 0.6 is 0 Å². The number of H-pyrrole nitrogens is 2. The van der Waals surface area contributed by atoms with E-state index in [1.54, 1.807) is 0 Å². The highest BCUT2D eigenvalue weighted by atomic mass is 16.5. The van der Waals surface area contributed by atoms with Crippen molar-refractivity contribution in [3.63, 3.8) is 0 Å². The van der Waals surface area contributed by atoms with E-state index in [-0.39, 0.29) is 35.7 Å². The average Bonchev–Trinajstić information content (AvgIpc) is 3.91. The Balaban J connectivity index is 1.08. The number of amides is 3. The predicted octanol–water partition coefficient (Wildman–Crippen LogP) is 6.10. The van der Waals surface area contributed by atoms with Gasteiger partial charge in [-0.05, 0) is 73.3 Å². The lowest BCUT2D eigenvalue weighted by molar-refractivity contribution is -0.136. The van der Waals surface area contributed by atoms with Gasteiger partial charge in [0.15, 0.2) is 0 Å². The monoisotopic (exact) mass is 653 g/mol. The summed E-state index contributed by atoms with van der Waals surface area (Å²) in [6.45, 7) is 9.15. The molecule has 3 atom stereocenters. The second-order valence-corrected chi connectivity index (χ2v) is 13.7. The first-order chi connectivity index (χ1) is 23.1. The van der Waals surface area contributed by atoms with E-state index in [2.05, 4.69) is 62.7 Å². The fraction of sp³-hybridized carbons (Fsp3) is 0.486. The first-order valence-electron chi connectivity index (χ1n) is 17.2. The van der Waals surface area contributed by atoms with E-state index in [9.17, 15) is 14.4 Å². The van der Waals surface area contributed by atoms with E-state index in [4.69, 9.17) is 9.72 Å². The zero-order chi connectivity index (χ0) is 33.9. The first-order valence-corrected chi connectivity index (χ1v) is 17.2. The number of rotatable bonds is 10. The summed E-state index contributed by atoms with van der Waals surface area (Å²) in [6.07, 6.45) is 6.55. The van der Waals surface area contributed by atoms with Gasteiger partial charge in [0.1, 0.15) is 17.7 Å². The summed E-state index contributed by atoms with van der Waals surface area (Å²) in [5.74, 6) is 1.63. The van der Waals surface area contributed by atoms with Crippen LogP contribution in [-0.4, -0.2) is 73.9 Å². The molecule has 2 fully saturated rings. The normalized spacial score (nSPS) is 18.6. The van der Waals surface area contributed by atoms with Crippen molar-refractivity contribution in [2.75, 3.05) is 20.2 Å². The number of aromatic nitrogens is 4. The van der Waals surface area contributed by atoms with Gasteiger partial charge in [-0.2, -0.15) is 0 Å². The Labute approximate surface area is 281 Å². The van der Waals surface area contributed by atoms with E-state index in [1.165, 1.54) is 12.7 Å². The molecule has 0 saturated carbocycles. The maximum Gasteiger partial charge on any atom is 0.407 e. The number of ether oxygens (including phenoxy) is 1. The average molecular weight is 654 g/mol. The Morgan fingerprint density at radius 2 is 1.54 bits per heavy atom. The van der Waals surface area contributed by atoms with Crippen LogP contribution in [0.15, 0.2) is 48.7 Å². The molecule has 11 heteroatoms. The number of carbonyl (C=O) groups excluding carboxylic acids is 3. The van der Waals surface area contributed by atoms with Gasteiger partial charge in [-0.15, -0.1) is 0 Å². The standard InChI is InChI=1S/C37H47N7O4/c1-22(2)32(42-37(47)48-5)36(46)44-19-6-8-30(44)33-38-21-27(39-33)16-12-24-10-13-25(14-11-24)26-15-17-28-29(20-26)41-34(40-28)31-9-7-18-43(31)35(45)23(3)4/h10-11,13-15,17,20-23,30-32H,6-9,12,16,18-19H2,1-5H3,(H,38,39)(H,40,41)(H,42,47). The number of imidazole rings is 2. The van der Waals surface area contributed by atoms with Crippen LogP contribution in [0.2, 0.25) is 0 Å². The minimum atomic E-state index is -0.654. The lowest BCUT2D eigenvalue weighted by Gasteiger charge is -2.30. The lowest BCUT2D eigenvalue weighted by Crippen LogP contribution is -2.51. The van der Waals surface area contributed by atoms with Crippen LogP contribution in [0.3, 0.4) is 0 Å². The zero-order valence-electron chi connectivity index (χ0n) is 28.6. The van der Waals surface area contributed by atoms with Crippen molar-refractivity contribution in [2.45, 2.75) is 84.3 Å². The second-order valence-electron chi connectivity index (χ2n) is 13.7. The Hall–Kier alpha value is -4.67. The van der Waals surface area contributed by atoms with Crippen LogP contribution < -0.4 is 5.32 Å². The molecule has 254 valence electrons. The van der Waals surface area contributed by atoms with Crippen molar-refractivity contribution in [1.82, 2.24) is 35.1 Å². The summed E-state index contributed by atoms with van der Waals surface area (Å²) >= 11 is 0. The number of carbonyl (C=O) groups is 3. The number of hydrogen-bond acceptors (Lipinski definition) is 6. The zero-order valence-corrected chi connectivity index (χ0v) is 28.6. The summed E-state index contributed by atoms with van der Waals surface area (Å²) in [5.41, 5.74) is 6.38. The molecule has 11 nitrogen and oxygen atoms in total. The topological polar surface area (TPSA) is 136 Å². The van der Waals surface area contributed by atoms with Crippen molar-refractivity contribution in [3.05, 3.63) is 71.6 Å². The number of methoxy groups -OCH3 is 1. The molecule has 0 bridgehead atoms.